The van der Waals surface area contributed by atoms with Crippen molar-refractivity contribution in [3.8, 4) is 0 Å². The molecule has 0 aromatic heterocycles. The maximum atomic E-state index is 14.2. The number of anilines is 2. The van der Waals surface area contributed by atoms with Gasteiger partial charge in [0.1, 0.15) is 11.9 Å². The minimum Gasteiger partial charge on any atom is -0.371 e. The zero-order chi connectivity index (χ0) is 20.9. The fraction of sp³-hybridized carbons (Fsp3) is 0.333. The molecule has 1 aromatic rings. The molecule has 0 radical (unpaired) electrons. The molecule has 0 saturated heterocycles. The molecule has 0 aliphatic heterocycles. The Balaban J connectivity index is 3.25. The van der Waals surface area contributed by atoms with Gasteiger partial charge in [-0.1, -0.05) is 12.2 Å². The number of rotatable bonds is 8. The van der Waals surface area contributed by atoms with Gasteiger partial charge in [-0.25, -0.2) is 4.39 Å². The van der Waals surface area contributed by atoms with E-state index in [0.29, 0.717) is 6.07 Å². The highest BCUT2D eigenvalue weighted by atomic mass is 32.1. The highest BCUT2D eigenvalue weighted by Crippen LogP contribution is 2.28. The van der Waals surface area contributed by atoms with Crippen molar-refractivity contribution in [2.45, 2.75) is 32.0 Å². The van der Waals surface area contributed by atoms with Gasteiger partial charge in [0.2, 0.25) is 5.91 Å². The first-order valence-electron chi connectivity index (χ1n) is 7.40. The van der Waals surface area contributed by atoms with Gasteiger partial charge in [-0.05, 0) is 19.1 Å². The third-order valence-corrected chi connectivity index (χ3v) is 3.43. The monoisotopic (exact) mass is 407 g/mol. The smallest absolute Gasteiger partial charge is 0.371 e. The second-order valence-electron chi connectivity index (χ2n) is 5.67. The van der Waals surface area contributed by atoms with Crippen LogP contribution < -0.4 is 22.1 Å². The summed E-state index contributed by atoms with van der Waals surface area (Å²) < 4.78 is 51.9. The van der Waals surface area contributed by atoms with Crippen molar-refractivity contribution in [3.05, 3.63) is 23.5 Å². The molecule has 1 atom stereocenters. The molecule has 27 heavy (non-hydrogen) atoms. The first-order chi connectivity index (χ1) is 12.3. The molecule has 148 valence electrons. The Bertz CT molecular complexity index is 782. The van der Waals surface area contributed by atoms with Crippen molar-refractivity contribution < 1.29 is 27.2 Å². The number of benzene rings is 1. The Morgan fingerprint density at radius 3 is 2.30 bits per heavy atom. The van der Waals surface area contributed by atoms with Crippen molar-refractivity contribution in [2.75, 3.05) is 10.6 Å². The van der Waals surface area contributed by atoms with Crippen LogP contribution in [0.1, 0.15) is 30.1 Å². The molecule has 7 N–H and O–H groups in total. The zero-order valence-corrected chi connectivity index (χ0v) is 14.9. The second kappa shape index (κ2) is 8.75. The van der Waals surface area contributed by atoms with Crippen molar-refractivity contribution in [1.82, 2.24) is 0 Å². The van der Waals surface area contributed by atoms with Gasteiger partial charge in [0.05, 0.1) is 28.3 Å². The van der Waals surface area contributed by atoms with Gasteiger partial charge in [0.25, 0.3) is 5.91 Å². The Morgan fingerprint density at radius 1 is 1.26 bits per heavy atom. The molecule has 2 amide bonds. The third-order valence-electron chi connectivity index (χ3n) is 3.18. The van der Waals surface area contributed by atoms with Crippen molar-refractivity contribution in [1.29, 1.82) is 5.41 Å². The highest BCUT2D eigenvalue weighted by Gasteiger charge is 2.35. The van der Waals surface area contributed by atoms with E-state index in [1.807, 2.05) is 0 Å². The summed E-state index contributed by atoms with van der Waals surface area (Å²) in [5.41, 5.74) is 9.40. The molecular weight excluding hydrogens is 390 g/mol. The summed E-state index contributed by atoms with van der Waals surface area (Å²) in [5, 5.41) is 12.0. The minimum atomic E-state index is -4.72. The van der Waals surface area contributed by atoms with Crippen molar-refractivity contribution in [2.24, 2.45) is 11.5 Å². The van der Waals surface area contributed by atoms with Crippen LogP contribution >= 0.6 is 12.2 Å². The lowest BCUT2D eigenvalue weighted by Crippen LogP contribution is -2.39. The summed E-state index contributed by atoms with van der Waals surface area (Å²) in [6.07, 6.45) is -6.31. The Hall–Kier alpha value is -2.76. The van der Waals surface area contributed by atoms with Crippen LogP contribution in [0, 0.1) is 11.2 Å². The average molecular weight is 407 g/mol. The number of carbonyl (C=O) groups excluding carboxylic acids is 2. The number of alkyl halides is 3. The first-order valence-corrected chi connectivity index (χ1v) is 7.80. The van der Waals surface area contributed by atoms with Crippen molar-refractivity contribution in [3.63, 3.8) is 0 Å². The summed E-state index contributed by atoms with van der Waals surface area (Å²) >= 11 is 4.99. The molecule has 0 heterocycles. The predicted molar refractivity (Wildman–Crippen MR) is 96.4 cm³/mol. The van der Waals surface area contributed by atoms with E-state index < -0.39 is 42.0 Å². The first kappa shape index (κ1) is 22.3. The zero-order valence-electron chi connectivity index (χ0n) is 14.0. The number of nitrogens with two attached hydrogens (primary N) is 2. The molecule has 0 aliphatic rings. The number of hydrogen-bond acceptors (Lipinski definition) is 5. The SMILES string of the molecule is CC(=N)CC(=S)Nc1cc(NC(CC(F)(F)F)C(N)=O)c(F)cc1C(N)=O. The summed E-state index contributed by atoms with van der Waals surface area (Å²) in [7, 11) is 0. The number of carbonyl (C=O) groups is 2. The van der Waals surface area contributed by atoms with Crippen LogP contribution in [0.3, 0.4) is 0 Å². The Kier molecular flexibility index (Phi) is 7.22. The quantitative estimate of drug-likeness (QED) is 0.256. The van der Waals surface area contributed by atoms with Gasteiger partial charge < -0.3 is 27.5 Å². The average Bonchev–Trinajstić information content (AvgIpc) is 2.46. The number of thiocarbonyl (C=S) groups is 1. The van der Waals surface area contributed by atoms with Gasteiger partial charge in [0, 0.05) is 12.1 Å². The van der Waals surface area contributed by atoms with Gasteiger partial charge in [-0.3, -0.25) is 9.59 Å². The van der Waals surface area contributed by atoms with E-state index >= 15 is 0 Å². The highest BCUT2D eigenvalue weighted by molar-refractivity contribution is 7.80. The molecule has 0 fully saturated rings. The van der Waals surface area contributed by atoms with Crippen LogP contribution in [0.2, 0.25) is 0 Å². The lowest BCUT2D eigenvalue weighted by atomic mass is 10.1. The fourth-order valence-electron chi connectivity index (χ4n) is 2.07. The van der Waals surface area contributed by atoms with Crippen LogP contribution in [0.4, 0.5) is 28.9 Å². The molecule has 0 spiro atoms. The molecule has 0 aliphatic carbocycles. The molecule has 0 bridgehead atoms. The lowest BCUT2D eigenvalue weighted by molar-refractivity contribution is -0.144. The van der Waals surface area contributed by atoms with Gasteiger partial charge in [-0.2, -0.15) is 13.2 Å². The van der Waals surface area contributed by atoms with Gasteiger partial charge in [0.15, 0.2) is 0 Å². The maximum Gasteiger partial charge on any atom is 0.391 e. The van der Waals surface area contributed by atoms with Crippen LogP contribution in [0.25, 0.3) is 0 Å². The lowest BCUT2D eigenvalue weighted by Gasteiger charge is -2.20. The van der Waals surface area contributed by atoms with E-state index in [-0.39, 0.29) is 28.4 Å². The van der Waals surface area contributed by atoms with E-state index in [9.17, 15) is 27.2 Å². The largest absolute Gasteiger partial charge is 0.391 e. The Morgan fingerprint density at radius 2 is 1.85 bits per heavy atom. The number of amides is 2. The van der Waals surface area contributed by atoms with E-state index in [1.54, 1.807) is 0 Å². The number of hydrogen-bond donors (Lipinski definition) is 5. The molecular formula is C15H17F4N5O2S. The minimum absolute atomic E-state index is 0.0334. The normalized spacial score (nSPS) is 12.2. The molecule has 1 rings (SSSR count). The van der Waals surface area contributed by atoms with E-state index in [4.69, 9.17) is 29.1 Å². The molecule has 1 unspecified atom stereocenters. The van der Waals surface area contributed by atoms with Gasteiger partial charge >= 0.3 is 6.18 Å². The topological polar surface area (TPSA) is 134 Å². The maximum absolute atomic E-state index is 14.2. The van der Waals surface area contributed by atoms with Gasteiger partial charge in [-0.15, -0.1) is 0 Å². The standard InChI is InChI=1S/C15H17F4N5O2S/c1-6(20)2-12(27)24-9-4-10(8(16)3-7(9)13(21)25)23-11(14(22)26)5-15(17,18)19/h3-4,11,20,23H,2,5H2,1H3,(H2,21,25)(H2,22,26)(H,24,27). The van der Waals surface area contributed by atoms with Crippen molar-refractivity contribution >= 4 is 46.1 Å². The Labute approximate surface area is 157 Å². The molecule has 1 aromatic carbocycles. The number of primary amides is 2. The summed E-state index contributed by atoms with van der Waals surface area (Å²) in [5.74, 6) is -3.47. The van der Waals surface area contributed by atoms with E-state index in [0.717, 1.165) is 6.07 Å². The number of nitrogens with one attached hydrogen (secondary N) is 3. The summed E-state index contributed by atoms with van der Waals surface area (Å²) in [4.78, 5) is 22.9. The second-order valence-corrected chi connectivity index (χ2v) is 6.16. The van der Waals surface area contributed by atoms with E-state index in [1.165, 1.54) is 6.92 Å². The van der Waals surface area contributed by atoms with Crippen LogP contribution in [-0.2, 0) is 4.79 Å². The predicted octanol–water partition coefficient (Wildman–Crippen LogP) is 2.31. The summed E-state index contributed by atoms with van der Waals surface area (Å²) in [6.45, 7) is 1.48. The van der Waals surface area contributed by atoms with E-state index in [2.05, 4.69) is 10.6 Å². The molecule has 0 saturated carbocycles. The molecule has 7 nitrogen and oxygen atoms in total. The van der Waals surface area contributed by atoms with Crippen LogP contribution in [0.15, 0.2) is 12.1 Å². The third kappa shape index (κ3) is 7.17. The molecule has 12 heteroatoms. The van der Waals surface area contributed by atoms with Crippen LogP contribution in [0.5, 0.6) is 0 Å². The van der Waals surface area contributed by atoms with Crippen LogP contribution in [-0.4, -0.2) is 34.7 Å². The summed E-state index contributed by atoms with van der Waals surface area (Å²) in [6, 6.07) is -0.284. The fourth-order valence-corrected chi connectivity index (χ4v) is 2.39. The number of halogens is 4.